The second-order valence-electron chi connectivity index (χ2n) is 5.06. The summed E-state index contributed by atoms with van der Waals surface area (Å²) in [4.78, 5) is 32.3. The van der Waals surface area contributed by atoms with Crippen LogP contribution in [0.25, 0.3) is 10.2 Å². The van der Waals surface area contributed by atoms with Gasteiger partial charge in [-0.25, -0.2) is 4.98 Å². The van der Waals surface area contributed by atoms with Gasteiger partial charge in [0.15, 0.2) is 0 Å². The number of hydrogen-bond donors (Lipinski definition) is 1. The number of carbonyl (C=O) groups excluding carboxylic acids is 1. The van der Waals surface area contributed by atoms with Gasteiger partial charge in [0.2, 0.25) is 5.91 Å². The zero-order chi connectivity index (χ0) is 15.6. The van der Waals surface area contributed by atoms with Gasteiger partial charge in [-0.15, -0.1) is 11.3 Å². The van der Waals surface area contributed by atoms with Crippen molar-refractivity contribution < 1.29 is 4.79 Å². The number of hydrogen-bond acceptors (Lipinski definition) is 5. The summed E-state index contributed by atoms with van der Waals surface area (Å²) in [6.45, 7) is 5.24. The van der Waals surface area contributed by atoms with Crippen LogP contribution in [0.1, 0.15) is 10.4 Å². The maximum atomic E-state index is 12.5. The molecular weight excluding hydrogens is 288 g/mol. The van der Waals surface area contributed by atoms with Crippen molar-refractivity contribution in [3.05, 3.63) is 27.1 Å². The molecule has 2 heterocycles. The maximum Gasteiger partial charge on any atom is 0.262 e. The van der Waals surface area contributed by atoms with E-state index in [2.05, 4.69) is 10.3 Å². The molecule has 2 aromatic rings. The summed E-state index contributed by atoms with van der Waals surface area (Å²) in [5.41, 5.74) is 0.815. The Bertz CT molecular complexity index is 720. The first kappa shape index (κ1) is 15.7. The van der Waals surface area contributed by atoms with Gasteiger partial charge >= 0.3 is 0 Å². The fraction of sp³-hybridized carbons (Fsp3) is 0.500. The first-order valence-corrected chi connectivity index (χ1v) is 7.61. The fourth-order valence-corrected chi connectivity index (χ4v) is 3.04. The van der Waals surface area contributed by atoms with E-state index in [1.807, 2.05) is 20.9 Å². The Morgan fingerprint density at radius 2 is 2.19 bits per heavy atom. The van der Waals surface area contributed by atoms with Gasteiger partial charge < -0.3 is 10.2 Å². The summed E-state index contributed by atoms with van der Waals surface area (Å²) in [6, 6.07) is 0. The number of fused-ring (bicyclic) bond motifs is 1. The predicted molar refractivity (Wildman–Crippen MR) is 84.9 cm³/mol. The molecule has 0 fully saturated rings. The van der Waals surface area contributed by atoms with E-state index in [9.17, 15) is 9.59 Å². The van der Waals surface area contributed by atoms with Crippen LogP contribution in [0.15, 0.2) is 11.1 Å². The Hall–Kier alpha value is -1.73. The van der Waals surface area contributed by atoms with Gasteiger partial charge in [-0.3, -0.25) is 14.2 Å². The predicted octanol–water partition coefficient (Wildman–Crippen LogP) is 0.753. The van der Waals surface area contributed by atoms with Crippen LogP contribution in [0.4, 0.5) is 0 Å². The molecule has 0 saturated carbocycles. The van der Waals surface area contributed by atoms with Crippen molar-refractivity contribution in [1.29, 1.82) is 0 Å². The number of likely N-dealkylation sites (N-methyl/N-ethyl adjacent to an activating group) is 2. The average molecular weight is 308 g/mol. The van der Waals surface area contributed by atoms with Gasteiger partial charge in [0.1, 0.15) is 11.4 Å². The number of aryl methyl sites for hydroxylation is 2. The van der Waals surface area contributed by atoms with E-state index in [0.717, 1.165) is 21.8 Å². The molecule has 114 valence electrons. The average Bonchev–Trinajstić information content (AvgIpc) is 2.75. The molecule has 6 nitrogen and oxygen atoms in total. The van der Waals surface area contributed by atoms with E-state index in [1.54, 1.807) is 11.9 Å². The van der Waals surface area contributed by atoms with E-state index in [4.69, 9.17) is 0 Å². The molecule has 1 N–H and O–H groups in total. The second kappa shape index (κ2) is 6.36. The van der Waals surface area contributed by atoms with Crippen LogP contribution >= 0.6 is 11.3 Å². The van der Waals surface area contributed by atoms with Crippen molar-refractivity contribution in [3.63, 3.8) is 0 Å². The lowest BCUT2D eigenvalue weighted by molar-refractivity contribution is -0.130. The molecule has 0 radical (unpaired) electrons. The number of nitrogens with one attached hydrogen (secondary N) is 1. The highest BCUT2D eigenvalue weighted by Crippen LogP contribution is 2.25. The summed E-state index contributed by atoms with van der Waals surface area (Å²) in [5, 5.41) is 3.62. The van der Waals surface area contributed by atoms with Crippen molar-refractivity contribution in [2.24, 2.45) is 0 Å². The van der Waals surface area contributed by atoms with Crippen LogP contribution in [-0.4, -0.2) is 47.5 Å². The van der Waals surface area contributed by atoms with Gasteiger partial charge in [0, 0.05) is 25.0 Å². The van der Waals surface area contributed by atoms with Crippen LogP contribution < -0.4 is 10.9 Å². The Kier molecular flexibility index (Phi) is 4.74. The zero-order valence-electron chi connectivity index (χ0n) is 12.8. The van der Waals surface area contributed by atoms with Crippen LogP contribution in [0.5, 0.6) is 0 Å². The molecule has 0 atom stereocenters. The molecule has 0 aliphatic heterocycles. The fourth-order valence-electron chi connectivity index (χ4n) is 2.05. The zero-order valence-corrected chi connectivity index (χ0v) is 13.6. The number of thiophene rings is 1. The van der Waals surface area contributed by atoms with E-state index in [1.165, 1.54) is 22.2 Å². The summed E-state index contributed by atoms with van der Waals surface area (Å²) in [6.07, 6.45) is 1.46. The Morgan fingerprint density at radius 3 is 2.86 bits per heavy atom. The second-order valence-corrected chi connectivity index (χ2v) is 6.26. The third-order valence-corrected chi connectivity index (χ3v) is 4.70. The molecule has 21 heavy (non-hydrogen) atoms. The molecule has 0 unspecified atom stereocenters. The van der Waals surface area contributed by atoms with Gasteiger partial charge in [-0.05, 0) is 26.5 Å². The SMILES string of the molecule is CNCCN(C)C(=O)Cn1cnc2sc(C)c(C)c2c1=O. The standard InChI is InChI=1S/C14H20N4O2S/c1-9-10(2)21-13-12(9)14(20)18(8-16-13)7-11(19)17(4)6-5-15-3/h8,15H,5-7H2,1-4H3. The molecule has 7 heteroatoms. The highest BCUT2D eigenvalue weighted by atomic mass is 32.1. The quantitative estimate of drug-likeness (QED) is 0.885. The molecule has 0 aliphatic carbocycles. The van der Waals surface area contributed by atoms with Crippen LogP contribution in [-0.2, 0) is 11.3 Å². The number of nitrogens with zero attached hydrogens (tertiary/aromatic N) is 3. The first-order valence-electron chi connectivity index (χ1n) is 6.79. The van der Waals surface area contributed by atoms with Crippen LogP contribution in [0.3, 0.4) is 0 Å². The molecule has 0 saturated heterocycles. The Morgan fingerprint density at radius 1 is 1.48 bits per heavy atom. The van der Waals surface area contributed by atoms with E-state index < -0.39 is 0 Å². The molecule has 2 rings (SSSR count). The third kappa shape index (κ3) is 3.14. The van der Waals surface area contributed by atoms with Gasteiger partial charge in [-0.1, -0.05) is 0 Å². The minimum atomic E-state index is -0.141. The summed E-state index contributed by atoms with van der Waals surface area (Å²) in [5.74, 6) is -0.0990. The molecule has 0 aromatic carbocycles. The minimum absolute atomic E-state index is 0.0241. The van der Waals surface area contributed by atoms with Crippen molar-refractivity contribution in [1.82, 2.24) is 19.8 Å². The van der Waals surface area contributed by atoms with Crippen molar-refractivity contribution in [2.45, 2.75) is 20.4 Å². The Labute approximate surface area is 127 Å². The van der Waals surface area contributed by atoms with E-state index in [-0.39, 0.29) is 18.0 Å². The van der Waals surface area contributed by atoms with E-state index in [0.29, 0.717) is 11.9 Å². The van der Waals surface area contributed by atoms with Gasteiger partial charge in [0.05, 0.1) is 11.7 Å². The smallest absolute Gasteiger partial charge is 0.262 e. The molecular formula is C14H20N4O2S. The monoisotopic (exact) mass is 308 g/mol. The largest absolute Gasteiger partial charge is 0.343 e. The highest BCUT2D eigenvalue weighted by molar-refractivity contribution is 7.18. The van der Waals surface area contributed by atoms with Gasteiger partial charge in [0.25, 0.3) is 5.56 Å². The minimum Gasteiger partial charge on any atom is -0.343 e. The van der Waals surface area contributed by atoms with Crippen molar-refractivity contribution in [3.8, 4) is 0 Å². The number of rotatable bonds is 5. The maximum absolute atomic E-state index is 12.5. The topological polar surface area (TPSA) is 67.2 Å². The highest BCUT2D eigenvalue weighted by Gasteiger charge is 2.15. The van der Waals surface area contributed by atoms with Crippen LogP contribution in [0.2, 0.25) is 0 Å². The number of amides is 1. The van der Waals surface area contributed by atoms with Gasteiger partial charge in [-0.2, -0.15) is 0 Å². The van der Waals surface area contributed by atoms with Crippen molar-refractivity contribution >= 4 is 27.5 Å². The lowest BCUT2D eigenvalue weighted by Crippen LogP contribution is -2.37. The van der Waals surface area contributed by atoms with Crippen molar-refractivity contribution in [2.75, 3.05) is 27.2 Å². The summed E-state index contributed by atoms with van der Waals surface area (Å²) >= 11 is 1.51. The van der Waals surface area contributed by atoms with E-state index >= 15 is 0 Å². The molecule has 1 amide bonds. The Balaban J connectivity index is 2.27. The molecule has 0 aliphatic rings. The number of aromatic nitrogens is 2. The summed E-state index contributed by atoms with van der Waals surface area (Å²) in [7, 11) is 3.57. The molecule has 0 bridgehead atoms. The summed E-state index contributed by atoms with van der Waals surface area (Å²) < 4.78 is 1.39. The third-order valence-electron chi connectivity index (χ3n) is 3.58. The first-order chi connectivity index (χ1) is 9.95. The molecule has 2 aromatic heterocycles. The lowest BCUT2D eigenvalue weighted by Gasteiger charge is -2.17. The number of carbonyl (C=O) groups is 1. The lowest BCUT2D eigenvalue weighted by atomic mass is 10.2. The van der Waals surface area contributed by atoms with Crippen LogP contribution in [0, 0.1) is 13.8 Å². The normalized spacial score (nSPS) is 11.0. The molecule has 0 spiro atoms.